The number of halogens is 3. The number of pyridine rings is 1. The molecule has 0 aliphatic heterocycles. The summed E-state index contributed by atoms with van der Waals surface area (Å²) in [7, 11) is 0. The molecule has 7 nitrogen and oxygen atoms in total. The summed E-state index contributed by atoms with van der Waals surface area (Å²) >= 11 is 0. The number of hydrogen-bond donors (Lipinski definition) is 3. The summed E-state index contributed by atoms with van der Waals surface area (Å²) in [4.78, 5) is 16.7. The SMILES string of the molecule is Cc1cc(C(F)(F)F)ccc1-c1ccc2c(cnn2C(CC(C)C)c2ccc(C(=O)NCCC(O)O)nc2)c1C. The number of nitrogens with one attached hydrogen (secondary N) is 1. The summed E-state index contributed by atoms with van der Waals surface area (Å²) in [6.45, 7) is 7.97. The number of rotatable bonds is 9. The fourth-order valence-corrected chi connectivity index (χ4v) is 4.91. The fraction of sp³-hybridized carbons (Fsp3) is 0.367. The Balaban J connectivity index is 1.67. The molecular formula is C30H33F3N4O3. The molecule has 3 N–H and O–H groups in total. The van der Waals surface area contributed by atoms with Crippen LogP contribution in [0.1, 0.15) is 65.5 Å². The number of carbonyl (C=O) groups excluding carboxylic acids is 1. The number of aryl methyl sites for hydroxylation is 2. The second-order valence-corrected chi connectivity index (χ2v) is 10.4. The highest BCUT2D eigenvalue weighted by Crippen LogP contribution is 2.37. The van der Waals surface area contributed by atoms with Crippen LogP contribution < -0.4 is 5.32 Å². The zero-order valence-corrected chi connectivity index (χ0v) is 22.8. The number of aliphatic hydroxyl groups excluding tert-OH is 1. The van der Waals surface area contributed by atoms with Crippen molar-refractivity contribution < 1.29 is 28.2 Å². The summed E-state index contributed by atoms with van der Waals surface area (Å²) in [6, 6.07) is 11.0. The van der Waals surface area contributed by atoms with Gasteiger partial charge in [-0.1, -0.05) is 32.0 Å². The minimum atomic E-state index is -4.39. The molecule has 0 saturated heterocycles. The molecule has 212 valence electrons. The quantitative estimate of drug-likeness (QED) is 0.227. The van der Waals surface area contributed by atoms with Gasteiger partial charge in [0.2, 0.25) is 0 Å². The zero-order chi connectivity index (χ0) is 29.2. The lowest BCUT2D eigenvalue weighted by Crippen LogP contribution is -2.27. The van der Waals surface area contributed by atoms with Crippen LogP contribution in [-0.2, 0) is 6.18 Å². The van der Waals surface area contributed by atoms with Crippen molar-refractivity contribution in [1.29, 1.82) is 0 Å². The van der Waals surface area contributed by atoms with Crippen molar-refractivity contribution >= 4 is 16.8 Å². The van der Waals surface area contributed by atoms with Crippen LogP contribution in [0.2, 0.25) is 0 Å². The Morgan fingerprint density at radius 3 is 2.35 bits per heavy atom. The van der Waals surface area contributed by atoms with Crippen LogP contribution in [0.4, 0.5) is 13.2 Å². The highest BCUT2D eigenvalue weighted by molar-refractivity contribution is 5.92. The van der Waals surface area contributed by atoms with Crippen molar-refractivity contribution in [3.63, 3.8) is 0 Å². The van der Waals surface area contributed by atoms with E-state index in [1.165, 1.54) is 12.1 Å². The Hall–Kier alpha value is -3.76. The Morgan fingerprint density at radius 1 is 1.02 bits per heavy atom. The molecule has 0 bridgehead atoms. The molecule has 1 unspecified atom stereocenters. The predicted molar refractivity (Wildman–Crippen MR) is 147 cm³/mol. The summed E-state index contributed by atoms with van der Waals surface area (Å²) in [5.41, 5.74) is 4.38. The number of aromatic nitrogens is 3. The molecule has 4 aromatic rings. The molecule has 1 amide bonds. The summed E-state index contributed by atoms with van der Waals surface area (Å²) in [6.07, 6.45) is -1.66. The maximum absolute atomic E-state index is 13.2. The Morgan fingerprint density at radius 2 is 1.75 bits per heavy atom. The molecule has 2 aromatic heterocycles. The number of aliphatic hydroxyl groups is 2. The third-order valence-corrected chi connectivity index (χ3v) is 6.98. The van der Waals surface area contributed by atoms with E-state index in [4.69, 9.17) is 15.3 Å². The third kappa shape index (κ3) is 6.34. The average Bonchev–Trinajstić information content (AvgIpc) is 3.32. The number of nitrogens with zero attached hydrogens (tertiary/aromatic N) is 3. The van der Waals surface area contributed by atoms with Crippen molar-refractivity contribution in [2.75, 3.05) is 6.54 Å². The van der Waals surface area contributed by atoms with Gasteiger partial charge in [0.15, 0.2) is 6.29 Å². The predicted octanol–water partition coefficient (Wildman–Crippen LogP) is 5.80. The van der Waals surface area contributed by atoms with E-state index in [1.54, 1.807) is 25.4 Å². The first-order valence-corrected chi connectivity index (χ1v) is 13.1. The van der Waals surface area contributed by atoms with Crippen LogP contribution in [-0.4, -0.2) is 43.7 Å². The lowest BCUT2D eigenvalue weighted by Gasteiger charge is -2.21. The van der Waals surface area contributed by atoms with Crippen molar-refractivity contribution in [3.05, 3.63) is 82.8 Å². The minimum Gasteiger partial charge on any atom is -0.368 e. The fourth-order valence-electron chi connectivity index (χ4n) is 4.91. The lowest BCUT2D eigenvalue weighted by atomic mass is 9.93. The van der Waals surface area contributed by atoms with Crippen molar-refractivity contribution in [3.8, 4) is 11.1 Å². The summed E-state index contributed by atoms with van der Waals surface area (Å²) in [5, 5.41) is 26.1. The standard InChI is InChI=1S/C30H33F3N4O3/c1-17(2)13-27(20-5-9-25(35-15-20)29(40)34-12-11-28(38)39)37-26-10-8-23(19(4)24(26)16-36-37)22-7-6-21(14-18(22)3)30(31,32)33/h5-10,14-17,27-28,38-39H,11-13H2,1-4H3,(H,34,40). The Labute approximate surface area is 230 Å². The normalized spacial score (nSPS) is 12.9. The summed E-state index contributed by atoms with van der Waals surface area (Å²) < 4.78 is 41.5. The molecule has 2 aromatic carbocycles. The van der Waals surface area contributed by atoms with E-state index in [-0.39, 0.29) is 24.7 Å². The van der Waals surface area contributed by atoms with E-state index in [2.05, 4.69) is 24.1 Å². The van der Waals surface area contributed by atoms with Gasteiger partial charge in [-0.2, -0.15) is 18.3 Å². The first-order chi connectivity index (χ1) is 18.9. The second-order valence-electron chi connectivity index (χ2n) is 10.4. The highest BCUT2D eigenvalue weighted by atomic mass is 19.4. The molecule has 0 aliphatic carbocycles. The smallest absolute Gasteiger partial charge is 0.368 e. The molecule has 4 rings (SSSR count). The van der Waals surface area contributed by atoms with Crippen LogP contribution in [0, 0.1) is 19.8 Å². The van der Waals surface area contributed by atoms with Gasteiger partial charge in [-0.15, -0.1) is 0 Å². The van der Waals surface area contributed by atoms with Crippen LogP contribution in [0.25, 0.3) is 22.0 Å². The third-order valence-electron chi connectivity index (χ3n) is 6.98. The van der Waals surface area contributed by atoms with Crippen LogP contribution in [0.3, 0.4) is 0 Å². The van der Waals surface area contributed by atoms with Crippen molar-refractivity contribution in [2.45, 2.75) is 59.0 Å². The molecule has 2 heterocycles. The van der Waals surface area contributed by atoms with Crippen LogP contribution in [0.5, 0.6) is 0 Å². The molecule has 0 radical (unpaired) electrons. The van der Waals surface area contributed by atoms with E-state index in [0.29, 0.717) is 11.5 Å². The van der Waals surface area contributed by atoms with Gasteiger partial charge in [0.25, 0.3) is 5.91 Å². The molecular weight excluding hydrogens is 521 g/mol. The van der Waals surface area contributed by atoms with E-state index in [0.717, 1.165) is 45.6 Å². The molecule has 0 aliphatic rings. The largest absolute Gasteiger partial charge is 0.416 e. The number of amides is 1. The maximum atomic E-state index is 13.2. The molecule has 0 spiro atoms. The van der Waals surface area contributed by atoms with Crippen LogP contribution in [0.15, 0.2) is 54.9 Å². The molecule has 40 heavy (non-hydrogen) atoms. The number of alkyl halides is 3. The van der Waals surface area contributed by atoms with E-state index < -0.39 is 23.9 Å². The molecule has 0 saturated carbocycles. The zero-order valence-electron chi connectivity index (χ0n) is 22.8. The first kappa shape index (κ1) is 29.2. The number of carbonyl (C=O) groups is 1. The topological polar surface area (TPSA) is 100 Å². The Kier molecular flexibility index (Phi) is 8.60. The van der Waals surface area contributed by atoms with Gasteiger partial charge in [-0.05, 0) is 78.3 Å². The highest BCUT2D eigenvalue weighted by Gasteiger charge is 2.31. The van der Waals surface area contributed by atoms with E-state index in [1.807, 2.05) is 29.8 Å². The van der Waals surface area contributed by atoms with Gasteiger partial charge in [0.05, 0.1) is 23.3 Å². The maximum Gasteiger partial charge on any atom is 0.416 e. The van der Waals surface area contributed by atoms with Crippen molar-refractivity contribution in [1.82, 2.24) is 20.1 Å². The van der Waals surface area contributed by atoms with Gasteiger partial charge in [-0.3, -0.25) is 14.5 Å². The van der Waals surface area contributed by atoms with Gasteiger partial charge >= 0.3 is 6.18 Å². The number of hydrogen-bond acceptors (Lipinski definition) is 5. The summed E-state index contributed by atoms with van der Waals surface area (Å²) in [5.74, 6) is -0.0776. The lowest BCUT2D eigenvalue weighted by molar-refractivity contribution is -0.137. The monoisotopic (exact) mass is 554 g/mol. The number of benzene rings is 2. The van der Waals surface area contributed by atoms with Gasteiger partial charge < -0.3 is 15.5 Å². The minimum absolute atomic E-state index is 0.0201. The average molecular weight is 555 g/mol. The second kappa shape index (κ2) is 11.8. The van der Waals surface area contributed by atoms with Gasteiger partial charge in [0.1, 0.15) is 5.69 Å². The van der Waals surface area contributed by atoms with E-state index in [9.17, 15) is 18.0 Å². The van der Waals surface area contributed by atoms with Gasteiger partial charge in [-0.25, -0.2) is 0 Å². The van der Waals surface area contributed by atoms with E-state index >= 15 is 0 Å². The molecule has 10 heteroatoms. The molecule has 0 fully saturated rings. The first-order valence-electron chi connectivity index (χ1n) is 13.1. The van der Waals surface area contributed by atoms with Crippen molar-refractivity contribution in [2.24, 2.45) is 5.92 Å². The van der Waals surface area contributed by atoms with Gasteiger partial charge in [0, 0.05) is 24.5 Å². The molecule has 1 atom stereocenters. The Bertz CT molecular complexity index is 1490. The van der Waals surface area contributed by atoms with Crippen LogP contribution >= 0.6 is 0 Å². The number of fused-ring (bicyclic) bond motifs is 1.